The molecule has 0 spiro atoms. The summed E-state index contributed by atoms with van der Waals surface area (Å²) in [5.74, 6) is 1.10. The van der Waals surface area contributed by atoms with Crippen molar-refractivity contribution in [3.63, 3.8) is 0 Å². The van der Waals surface area contributed by atoms with E-state index in [-0.39, 0.29) is 12.3 Å². The summed E-state index contributed by atoms with van der Waals surface area (Å²) in [6.07, 6.45) is 7.00. The first-order valence-corrected chi connectivity index (χ1v) is 7.42. The highest BCUT2D eigenvalue weighted by Gasteiger charge is 2.39. The summed E-state index contributed by atoms with van der Waals surface area (Å²) < 4.78 is 0. The third-order valence-electron chi connectivity index (χ3n) is 3.73. The number of nitrogens with one attached hydrogen (secondary N) is 1. The molecule has 1 unspecified atom stereocenters. The third kappa shape index (κ3) is 4.65. The maximum atomic E-state index is 12.1. The Bertz CT molecular complexity index is 670. The largest absolute Gasteiger partial charge is 0.479 e. The molecule has 2 N–H and O–H groups in total. The van der Waals surface area contributed by atoms with Crippen LogP contribution in [0, 0.1) is 19.3 Å². The van der Waals surface area contributed by atoms with E-state index in [9.17, 15) is 14.7 Å². The Kier molecular flexibility index (Phi) is 5.12. The molecule has 2 rings (SSSR count). The van der Waals surface area contributed by atoms with Crippen molar-refractivity contribution in [1.82, 2.24) is 5.32 Å². The number of carbonyl (C=O) groups is 2. The number of aliphatic carboxylic acids is 1. The number of carbonyl (C=O) groups excluding carboxylic acids is 1. The zero-order valence-corrected chi connectivity index (χ0v) is 13.0. The van der Waals surface area contributed by atoms with Crippen molar-refractivity contribution in [1.29, 1.82) is 0 Å². The van der Waals surface area contributed by atoms with Crippen LogP contribution in [0.25, 0.3) is 0 Å². The van der Waals surface area contributed by atoms with Crippen molar-refractivity contribution in [3.05, 3.63) is 35.4 Å². The van der Waals surface area contributed by atoms with Crippen LogP contribution < -0.4 is 5.32 Å². The van der Waals surface area contributed by atoms with Crippen LogP contribution in [0.4, 0.5) is 0 Å². The minimum atomic E-state index is -1.09. The molecule has 1 amide bonds. The minimum absolute atomic E-state index is 0.160. The van der Waals surface area contributed by atoms with Crippen molar-refractivity contribution in [2.75, 3.05) is 0 Å². The van der Waals surface area contributed by atoms with Gasteiger partial charge >= 0.3 is 5.97 Å². The molecule has 0 radical (unpaired) electrons. The van der Waals surface area contributed by atoms with Crippen LogP contribution in [-0.2, 0) is 9.59 Å². The Morgan fingerprint density at radius 1 is 1.39 bits per heavy atom. The monoisotopic (exact) mass is 313 g/mol. The van der Waals surface area contributed by atoms with Gasteiger partial charge in [0.15, 0.2) is 11.7 Å². The first kappa shape index (κ1) is 16.7. The van der Waals surface area contributed by atoms with E-state index < -0.39 is 17.7 Å². The molecule has 0 saturated heterocycles. The summed E-state index contributed by atoms with van der Waals surface area (Å²) in [6.45, 7) is 1.87. The van der Waals surface area contributed by atoms with Crippen LogP contribution in [-0.4, -0.2) is 22.6 Å². The SMILES string of the molecule is C#CCCC1(CCC(=O)NC(C(=O)O)c2cccc(C)c2)N=N1. The van der Waals surface area contributed by atoms with Gasteiger partial charge < -0.3 is 10.4 Å². The molecule has 0 aliphatic carbocycles. The van der Waals surface area contributed by atoms with Crippen molar-refractivity contribution >= 4 is 11.9 Å². The van der Waals surface area contributed by atoms with Crippen molar-refractivity contribution in [2.24, 2.45) is 10.2 Å². The molecule has 0 saturated carbocycles. The standard InChI is InChI=1S/C17H19N3O3/c1-3-4-9-17(19-20-17)10-8-14(21)18-15(16(22)23)13-7-5-6-12(2)11-13/h1,5-7,11,15H,4,8-10H2,2H3,(H,18,21)(H,22,23). The van der Waals surface area contributed by atoms with Crippen molar-refractivity contribution < 1.29 is 14.7 Å². The Morgan fingerprint density at radius 3 is 2.70 bits per heavy atom. The highest BCUT2D eigenvalue weighted by atomic mass is 16.4. The Labute approximate surface area is 135 Å². The predicted octanol–water partition coefficient (Wildman–Crippen LogP) is 2.59. The predicted molar refractivity (Wildman–Crippen MR) is 84.6 cm³/mol. The molecule has 1 heterocycles. The lowest BCUT2D eigenvalue weighted by atomic mass is 10.0. The Hall–Kier alpha value is -2.68. The summed E-state index contributed by atoms with van der Waals surface area (Å²) >= 11 is 0. The number of carboxylic acid groups (broad SMARTS) is 1. The summed E-state index contributed by atoms with van der Waals surface area (Å²) in [4.78, 5) is 23.5. The molecule has 6 heteroatoms. The van der Waals surface area contributed by atoms with E-state index in [0.29, 0.717) is 24.8 Å². The lowest BCUT2D eigenvalue weighted by molar-refractivity contribution is -0.142. The number of hydrogen-bond donors (Lipinski definition) is 2. The molecule has 1 atom stereocenters. The van der Waals surface area contributed by atoms with E-state index in [1.807, 2.05) is 13.0 Å². The first-order valence-electron chi connectivity index (χ1n) is 7.42. The Morgan fingerprint density at radius 2 is 2.13 bits per heavy atom. The molecular formula is C17H19N3O3. The van der Waals surface area contributed by atoms with Gasteiger partial charge in [-0.1, -0.05) is 29.8 Å². The fraction of sp³-hybridized carbons (Fsp3) is 0.412. The quantitative estimate of drug-likeness (QED) is 0.723. The number of amides is 1. The average Bonchev–Trinajstić information content (AvgIpc) is 3.29. The average molecular weight is 313 g/mol. The van der Waals surface area contributed by atoms with E-state index in [4.69, 9.17) is 6.42 Å². The highest BCUT2D eigenvalue weighted by molar-refractivity contribution is 5.84. The molecule has 23 heavy (non-hydrogen) atoms. The van der Waals surface area contributed by atoms with Gasteiger partial charge in [0.2, 0.25) is 5.91 Å². The summed E-state index contributed by atoms with van der Waals surface area (Å²) in [5.41, 5.74) is 0.951. The fourth-order valence-corrected chi connectivity index (χ4v) is 2.35. The maximum absolute atomic E-state index is 12.1. The lowest BCUT2D eigenvalue weighted by Gasteiger charge is -2.16. The van der Waals surface area contributed by atoms with E-state index in [1.165, 1.54) is 0 Å². The highest BCUT2D eigenvalue weighted by Crippen LogP contribution is 2.37. The van der Waals surface area contributed by atoms with Gasteiger partial charge in [-0.3, -0.25) is 4.79 Å². The van der Waals surface area contributed by atoms with Gasteiger partial charge in [-0.2, -0.15) is 10.2 Å². The zero-order chi connectivity index (χ0) is 16.9. The lowest BCUT2D eigenvalue weighted by Crippen LogP contribution is -2.34. The van der Waals surface area contributed by atoms with E-state index >= 15 is 0 Å². The molecule has 1 aromatic carbocycles. The van der Waals surface area contributed by atoms with Crippen LogP contribution in [0.2, 0.25) is 0 Å². The fourth-order valence-electron chi connectivity index (χ4n) is 2.35. The second kappa shape index (κ2) is 7.05. The van der Waals surface area contributed by atoms with Gasteiger partial charge in [0.1, 0.15) is 0 Å². The Balaban J connectivity index is 1.92. The normalized spacial score (nSPS) is 15.5. The second-order valence-corrected chi connectivity index (χ2v) is 5.64. The molecular weight excluding hydrogens is 294 g/mol. The number of aryl methyl sites for hydroxylation is 1. The zero-order valence-electron chi connectivity index (χ0n) is 13.0. The van der Waals surface area contributed by atoms with Crippen molar-refractivity contribution in [3.8, 4) is 12.3 Å². The summed E-state index contributed by atoms with van der Waals surface area (Å²) in [7, 11) is 0. The minimum Gasteiger partial charge on any atom is -0.479 e. The van der Waals surface area contributed by atoms with Gasteiger partial charge in [-0.25, -0.2) is 4.79 Å². The van der Waals surface area contributed by atoms with Gasteiger partial charge in [0.25, 0.3) is 0 Å². The number of nitrogens with zero attached hydrogens (tertiary/aromatic N) is 2. The summed E-state index contributed by atoms with van der Waals surface area (Å²) in [6, 6.07) is 6.02. The molecule has 0 bridgehead atoms. The summed E-state index contributed by atoms with van der Waals surface area (Å²) in [5, 5.41) is 19.8. The second-order valence-electron chi connectivity index (χ2n) is 5.64. The topological polar surface area (TPSA) is 91.1 Å². The first-order chi connectivity index (χ1) is 11.0. The van der Waals surface area contributed by atoms with E-state index in [1.54, 1.807) is 18.2 Å². The van der Waals surface area contributed by atoms with Crippen molar-refractivity contribution in [2.45, 2.75) is 44.3 Å². The number of terminal acetylenes is 1. The molecule has 1 aliphatic heterocycles. The smallest absolute Gasteiger partial charge is 0.330 e. The number of benzene rings is 1. The maximum Gasteiger partial charge on any atom is 0.330 e. The molecule has 0 fully saturated rings. The van der Waals surface area contributed by atoms with Crippen LogP contribution in [0.15, 0.2) is 34.5 Å². The molecule has 0 aromatic heterocycles. The van der Waals surface area contributed by atoms with Crippen LogP contribution in [0.5, 0.6) is 0 Å². The van der Waals surface area contributed by atoms with Crippen LogP contribution in [0.1, 0.15) is 42.9 Å². The van der Waals surface area contributed by atoms with Gasteiger partial charge in [-0.05, 0) is 12.5 Å². The van der Waals surface area contributed by atoms with Gasteiger partial charge in [0.05, 0.1) is 0 Å². The van der Waals surface area contributed by atoms with Gasteiger partial charge in [0, 0.05) is 25.7 Å². The van der Waals surface area contributed by atoms with Crippen LogP contribution in [0.3, 0.4) is 0 Å². The molecule has 120 valence electrons. The molecule has 1 aliphatic rings. The van der Waals surface area contributed by atoms with Gasteiger partial charge in [-0.15, -0.1) is 12.3 Å². The molecule has 6 nitrogen and oxygen atoms in total. The molecule has 1 aromatic rings. The number of hydrogen-bond acceptors (Lipinski definition) is 4. The third-order valence-corrected chi connectivity index (χ3v) is 3.73. The van der Waals surface area contributed by atoms with Crippen LogP contribution >= 0.6 is 0 Å². The van der Waals surface area contributed by atoms with E-state index in [2.05, 4.69) is 21.5 Å². The van der Waals surface area contributed by atoms with E-state index in [0.717, 1.165) is 5.56 Å². The number of rotatable bonds is 8. The number of carboxylic acids is 1.